The van der Waals surface area contributed by atoms with Crippen molar-refractivity contribution in [3.63, 3.8) is 0 Å². The van der Waals surface area contributed by atoms with Crippen molar-refractivity contribution >= 4 is 0 Å². The number of benzene rings is 1. The number of aromatic nitrogens is 2. The van der Waals surface area contributed by atoms with Crippen LogP contribution >= 0.6 is 0 Å². The Kier molecular flexibility index (Phi) is 3.43. The van der Waals surface area contributed by atoms with E-state index in [0.717, 1.165) is 11.1 Å². The first-order valence-corrected chi connectivity index (χ1v) is 6.04. The highest BCUT2D eigenvalue weighted by molar-refractivity contribution is 5.40. The topological polar surface area (TPSA) is 46.0 Å². The van der Waals surface area contributed by atoms with Crippen LogP contribution in [-0.4, -0.2) is 15.1 Å². The molecule has 94 valence electrons. The Morgan fingerprint density at radius 2 is 1.67 bits per heavy atom. The van der Waals surface area contributed by atoms with Gasteiger partial charge in [0.05, 0.1) is 5.69 Å². The largest absolute Gasteiger partial charge is 0.382 e. The maximum atomic E-state index is 10.4. The van der Waals surface area contributed by atoms with E-state index in [2.05, 4.69) is 29.9 Å². The molecule has 0 bridgehead atoms. The molecule has 1 heterocycles. The molecular weight excluding hydrogens is 224 g/mol. The van der Waals surface area contributed by atoms with Crippen molar-refractivity contribution in [1.82, 2.24) is 9.97 Å². The standard InChI is InChI=1S/C15H18N2O/c1-9-7-11(3)13(8-10(9)2)15(18)14-5-6-16-12(4)17-14/h5-8,15,18H,1-4H3. The molecule has 0 aliphatic rings. The van der Waals surface area contributed by atoms with Crippen molar-refractivity contribution in [1.29, 1.82) is 0 Å². The van der Waals surface area contributed by atoms with Crippen LogP contribution in [0.5, 0.6) is 0 Å². The molecule has 0 radical (unpaired) electrons. The van der Waals surface area contributed by atoms with Crippen LogP contribution in [0.2, 0.25) is 0 Å². The van der Waals surface area contributed by atoms with Gasteiger partial charge in [-0.25, -0.2) is 9.97 Å². The van der Waals surface area contributed by atoms with Gasteiger partial charge >= 0.3 is 0 Å². The van der Waals surface area contributed by atoms with Gasteiger partial charge in [-0.05, 0) is 56.0 Å². The summed E-state index contributed by atoms with van der Waals surface area (Å²) in [6.45, 7) is 7.96. The lowest BCUT2D eigenvalue weighted by Gasteiger charge is -2.15. The summed E-state index contributed by atoms with van der Waals surface area (Å²) in [5.74, 6) is 0.674. The predicted octanol–water partition coefficient (Wildman–Crippen LogP) is 2.79. The summed E-state index contributed by atoms with van der Waals surface area (Å²) in [7, 11) is 0. The molecule has 3 heteroatoms. The maximum absolute atomic E-state index is 10.4. The first-order chi connectivity index (χ1) is 8.49. The van der Waals surface area contributed by atoms with Crippen molar-refractivity contribution in [2.75, 3.05) is 0 Å². The maximum Gasteiger partial charge on any atom is 0.125 e. The van der Waals surface area contributed by atoms with Crippen molar-refractivity contribution in [3.8, 4) is 0 Å². The summed E-state index contributed by atoms with van der Waals surface area (Å²) in [4.78, 5) is 8.33. The van der Waals surface area contributed by atoms with Crippen molar-refractivity contribution < 1.29 is 5.11 Å². The summed E-state index contributed by atoms with van der Waals surface area (Å²) in [5.41, 5.74) is 5.06. The molecule has 0 amide bonds. The second-order valence-electron chi connectivity index (χ2n) is 4.72. The van der Waals surface area contributed by atoms with Crippen LogP contribution in [-0.2, 0) is 0 Å². The highest BCUT2D eigenvalue weighted by Crippen LogP contribution is 2.25. The highest BCUT2D eigenvalue weighted by Gasteiger charge is 2.15. The molecule has 0 saturated carbocycles. The third kappa shape index (κ3) is 2.41. The van der Waals surface area contributed by atoms with Gasteiger partial charge in [0.25, 0.3) is 0 Å². The van der Waals surface area contributed by atoms with E-state index in [9.17, 15) is 5.11 Å². The molecule has 2 aromatic rings. The zero-order valence-electron chi connectivity index (χ0n) is 11.2. The molecule has 2 rings (SSSR count). The van der Waals surface area contributed by atoms with Gasteiger partial charge in [0, 0.05) is 6.20 Å². The molecule has 1 atom stereocenters. The van der Waals surface area contributed by atoms with Crippen LogP contribution in [0.15, 0.2) is 24.4 Å². The lowest BCUT2D eigenvalue weighted by molar-refractivity contribution is 0.214. The number of rotatable bonds is 2. The first-order valence-electron chi connectivity index (χ1n) is 6.04. The van der Waals surface area contributed by atoms with Gasteiger partial charge in [-0.15, -0.1) is 0 Å². The third-order valence-corrected chi connectivity index (χ3v) is 3.25. The molecule has 0 aliphatic carbocycles. The van der Waals surface area contributed by atoms with Crippen LogP contribution in [0.1, 0.15) is 39.9 Å². The van der Waals surface area contributed by atoms with E-state index in [1.54, 1.807) is 12.3 Å². The summed E-state index contributed by atoms with van der Waals surface area (Å²) >= 11 is 0. The molecule has 1 unspecified atom stereocenters. The van der Waals surface area contributed by atoms with E-state index in [4.69, 9.17) is 0 Å². The molecule has 3 nitrogen and oxygen atoms in total. The molecule has 1 aromatic heterocycles. The molecule has 1 aromatic carbocycles. The van der Waals surface area contributed by atoms with Gasteiger partial charge in [0.15, 0.2) is 0 Å². The first kappa shape index (κ1) is 12.7. The number of nitrogens with zero attached hydrogens (tertiary/aromatic N) is 2. The average molecular weight is 242 g/mol. The quantitative estimate of drug-likeness (QED) is 0.880. The molecule has 0 fully saturated rings. The smallest absolute Gasteiger partial charge is 0.125 e. The minimum atomic E-state index is -0.689. The zero-order valence-corrected chi connectivity index (χ0v) is 11.2. The minimum absolute atomic E-state index is 0.647. The third-order valence-electron chi connectivity index (χ3n) is 3.25. The van der Waals surface area contributed by atoms with Crippen LogP contribution in [0.25, 0.3) is 0 Å². The normalized spacial score (nSPS) is 12.5. The molecule has 0 aliphatic heterocycles. The lowest BCUT2D eigenvalue weighted by atomic mass is 9.96. The Labute approximate surface area is 108 Å². The number of aliphatic hydroxyl groups is 1. The fourth-order valence-corrected chi connectivity index (χ4v) is 2.06. The predicted molar refractivity (Wildman–Crippen MR) is 71.5 cm³/mol. The van der Waals surface area contributed by atoms with Gasteiger partial charge in [0.2, 0.25) is 0 Å². The van der Waals surface area contributed by atoms with E-state index in [1.165, 1.54) is 11.1 Å². The monoisotopic (exact) mass is 242 g/mol. The Balaban J connectivity index is 2.46. The fraction of sp³-hybridized carbons (Fsp3) is 0.333. The van der Waals surface area contributed by atoms with E-state index in [1.807, 2.05) is 19.9 Å². The Bertz CT molecular complexity index is 579. The number of aliphatic hydroxyl groups excluding tert-OH is 1. The lowest BCUT2D eigenvalue weighted by Crippen LogP contribution is -2.06. The van der Waals surface area contributed by atoms with Crippen LogP contribution in [0.3, 0.4) is 0 Å². The molecule has 0 saturated heterocycles. The minimum Gasteiger partial charge on any atom is -0.382 e. The zero-order chi connectivity index (χ0) is 13.3. The summed E-state index contributed by atoms with van der Waals surface area (Å²) in [5, 5.41) is 10.4. The van der Waals surface area contributed by atoms with Crippen LogP contribution in [0.4, 0.5) is 0 Å². The van der Waals surface area contributed by atoms with Crippen molar-refractivity contribution in [2.24, 2.45) is 0 Å². The van der Waals surface area contributed by atoms with Crippen molar-refractivity contribution in [3.05, 3.63) is 58.2 Å². The van der Waals surface area contributed by atoms with Gasteiger partial charge in [-0.1, -0.05) is 12.1 Å². The summed E-state index contributed by atoms with van der Waals surface area (Å²) in [6, 6.07) is 5.89. The Morgan fingerprint density at radius 3 is 2.33 bits per heavy atom. The summed E-state index contributed by atoms with van der Waals surface area (Å²) < 4.78 is 0. The van der Waals surface area contributed by atoms with Gasteiger partial charge in [-0.3, -0.25) is 0 Å². The number of aryl methyl sites for hydroxylation is 4. The van der Waals surface area contributed by atoms with E-state index < -0.39 is 6.10 Å². The molecule has 0 spiro atoms. The Hall–Kier alpha value is -1.74. The number of hydrogen-bond donors (Lipinski definition) is 1. The van der Waals surface area contributed by atoms with E-state index in [0.29, 0.717) is 11.5 Å². The van der Waals surface area contributed by atoms with E-state index in [-0.39, 0.29) is 0 Å². The van der Waals surface area contributed by atoms with Crippen LogP contribution < -0.4 is 0 Å². The fourth-order valence-electron chi connectivity index (χ4n) is 2.06. The van der Waals surface area contributed by atoms with Gasteiger partial charge in [-0.2, -0.15) is 0 Å². The van der Waals surface area contributed by atoms with Crippen LogP contribution in [0, 0.1) is 27.7 Å². The number of hydrogen-bond acceptors (Lipinski definition) is 3. The van der Waals surface area contributed by atoms with Crippen molar-refractivity contribution in [2.45, 2.75) is 33.8 Å². The second kappa shape index (κ2) is 4.86. The molecule has 1 N–H and O–H groups in total. The second-order valence-corrected chi connectivity index (χ2v) is 4.72. The molecular formula is C15H18N2O. The van der Waals surface area contributed by atoms with Gasteiger partial charge in [0.1, 0.15) is 11.9 Å². The highest BCUT2D eigenvalue weighted by atomic mass is 16.3. The van der Waals surface area contributed by atoms with E-state index >= 15 is 0 Å². The summed E-state index contributed by atoms with van der Waals surface area (Å²) in [6.07, 6.45) is 0.989. The molecule has 18 heavy (non-hydrogen) atoms. The van der Waals surface area contributed by atoms with Gasteiger partial charge < -0.3 is 5.11 Å². The average Bonchev–Trinajstić information content (AvgIpc) is 2.33. The Morgan fingerprint density at radius 1 is 1.00 bits per heavy atom. The SMILES string of the molecule is Cc1nccc(C(O)c2cc(C)c(C)cc2C)n1.